The van der Waals surface area contributed by atoms with Crippen LogP contribution in [0.1, 0.15) is 70.8 Å². The van der Waals surface area contributed by atoms with Crippen molar-refractivity contribution >= 4 is 21.5 Å². The Labute approximate surface area is 295 Å². The molecule has 0 aliphatic heterocycles. The summed E-state index contributed by atoms with van der Waals surface area (Å²) in [5.74, 6) is 0. The molecule has 11 rings (SSSR count). The van der Waals surface area contributed by atoms with Crippen molar-refractivity contribution in [3.8, 4) is 44.5 Å². The molecule has 7 aromatic carbocycles. The van der Waals surface area contributed by atoms with Crippen molar-refractivity contribution in [2.45, 2.75) is 77.6 Å². The third-order valence-electron chi connectivity index (χ3n) is 12.7. The Morgan fingerprint density at radius 3 is 1.10 bits per heavy atom. The van der Waals surface area contributed by atoms with Gasteiger partial charge in [-0.15, -0.1) is 0 Å². The molecular weight excluding hydrogens is 601 g/mol. The van der Waals surface area contributed by atoms with Crippen LogP contribution >= 0.6 is 0 Å². The van der Waals surface area contributed by atoms with Crippen LogP contribution in [0.15, 0.2) is 103 Å². The summed E-state index contributed by atoms with van der Waals surface area (Å²) in [6.45, 7) is 7.07. The molecule has 4 aliphatic rings. The lowest BCUT2D eigenvalue weighted by molar-refractivity contribution is 0.591. The molecule has 0 fully saturated rings. The fourth-order valence-corrected chi connectivity index (χ4v) is 10.4. The van der Waals surface area contributed by atoms with Crippen LogP contribution in [-0.4, -0.2) is 0 Å². The van der Waals surface area contributed by atoms with E-state index in [4.69, 9.17) is 0 Å². The van der Waals surface area contributed by atoms with Gasteiger partial charge >= 0.3 is 0 Å². The highest BCUT2D eigenvalue weighted by atomic mass is 14.3. The lowest BCUT2D eigenvalue weighted by Crippen LogP contribution is -2.14. The maximum atomic E-state index is 2.58. The first-order valence-electron chi connectivity index (χ1n) is 18.9. The number of hydrogen-bond donors (Lipinski definition) is 0. The number of rotatable bonds is 2. The third-order valence-corrected chi connectivity index (χ3v) is 12.7. The van der Waals surface area contributed by atoms with Crippen molar-refractivity contribution in [3.63, 3.8) is 0 Å². The molecule has 7 aromatic rings. The summed E-state index contributed by atoms with van der Waals surface area (Å²) < 4.78 is 0. The molecule has 242 valence electrons. The summed E-state index contributed by atoms with van der Waals surface area (Å²) in [6.07, 6.45) is 9.05. The van der Waals surface area contributed by atoms with Gasteiger partial charge in [0.15, 0.2) is 0 Å². The van der Waals surface area contributed by atoms with E-state index in [1.54, 1.807) is 66.8 Å². The molecule has 0 nitrogen and oxygen atoms in total. The van der Waals surface area contributed by atoms with E-state index in [-0.39, 0.29) is 5.41 Å². The van der Waals surface area contributed by atoms with Crippen LogP contribution in [-0.2, 0) is 56.8 Å². The first-order chi connectivity index (χ1) is 24.4. The topological polar surface area (TPSA) is 0 Å². The smallest absolute Gasteiger partial charge is 0.00261 e. The molecule has 0 saturated carbocycles. The van der Waals surface area contributed by atoms with Gasteiger partial charge in [0.25, 0.3) is 0 Å². The summed E-state index contributed by atoms with van der Waals surface area (Å²) in [5, 5.41) is 5.52. The normalized spacial score (nSPS) is 15.3. The largest absolute Gasteiger partial charge is 0.0617 e. The van der Waals surface area contributed by atoms with Crippen LogP contribution in [0.5, 0.6) is 0 Å². The second kappa shape index (κ2) is 10.3. The summed E-state index contributed by atoms with van der Waals surface area (Å²) in [4.78, 5) is 0. The Morgan fingerprint density at radius 1 is 0.320 bits per heavy atom. The van der Waals surface area contributed by atoms with Crippen LogP contribution in [0.4, 0.5) is 0 Å². The van der Waals surface area contributed by atoms with Crippen molar-refractivity contribution in [1.29, 1.82) is 0 Å². The predicted octanol–water partition coefficient (Wildman–Crippen LogP) is 12.4. The monoisotopic (exact) mass is 642 g/mol. The Hall–Kier alpha value is -4.94. The maximum absolute atomic E-state index is 2.58. The van der Waals surface area contributed by atoms with Crippen molar-refractivity contribution in [3.05, 3.63) is 153 Å². The number of aryl methyl sites for hydroxylation is 8. The minimum Gasteiger partial charge on any atom is -0.0617 e. The lowest BCUT2D eigenvalue weighted by atomic mass is 9.73. The van der Waals surface area contributed by atoms with E-state index in [1.165, 1.54) is 49.4 Å². The van der Waals surface area contributed by atoms with E-state index < -0.39 is 0 Å². The minimum absolute atomic E-state index is 0.0559. The van der Waals surface area contributed by atoms with Crippen molar-refractivity contribution in [2.24, 2.45) is 0 Å². The zero-order valence-corrected chi connectivity index (χ0v) is 29.5. The van der Waals surface area contributed by atoms with E-state index in [1.807, 2.05) is 0 Å². The van der Waals surface area contributed by atoms with Gasteiger partial charge in [0, 0.05) is 0 Å². The fraction of sp³-hybridized carbons (Fsp3) is 0.240. The van der Waals surface area contributed by atoms with Gasteiger partial charge in [-0.3, -0.25) is 0 Å². The van der Waals surface area contributed by atoms with Crippen LogP contribution in [0.3, 0.4) is 0 Å². The van der Waals surface area contributed by atoms with Gasteiger partial charge in [-0.2, -0.15) is 0 Å². The summed E-state index contributed by atoms with van der Waals surface area (Å²) in [6, 6.07) is 41.0. The molecule has 0 heteroatoms. The fourth-order valence-electron chi connectivity index (χ4n) is 10.4. The molecule has 0 bridgehead atoms. The molecule has 0 radical (unpaired) electrons. The second-order valence-electron chi connectivity index (χ2n) is 16.5. The molecular formula is C50H42. The minimum atomic E-state index is 0.0559. The van der Waals surface area contributed by atoms with Gasteiger partial charge in [-0.05, 0) is 179 Å². The predicted molar refractivity (Wildman–Crippen MR) is 212 cm³/mol. The second-order valence-corrected chi connectivity index (χ2v) is 16.5. The molecule has 0 amide bonds. The quantitative estimate of drug-likeness (QED) is 0.165. The van der Waals surface area contributed by atoms with Crippen molar-refractivity contribution in [1.82, 2.24) is 0 Å². The Kier molecular flexibility index (Phi) is 5.94. The molecule has 0 spiro atoms. The molecule has 0 unspecified atom stereocenters. The summed E-state index contributed by atoms with van der Waals surface area (Å²) in [7, 11) is 0. The van der Waals surface area contributed by atoms with Crippen LogP contribution < -0.4 is 0 Å². The molecule has 0 aromatic heterocycles. The summed E-state index contributed by atoms with van der Waals surface area (Å²) in [5.41, 5.74) is 25.6. The zero-order chi connectivity index (χ0) is 33.3. The molecule has 0 saturated heterocycles. The van der Waals surface area contributed by atoms with Gasteiger partial charge in [0.2, 0.25) is 0 Å². The van der Waals surface area contributed by atoms with Gasteiger partial charge < -0.3 is 0 Å². The highest BCUT2D eigenvalue weighted by Crippen LogP contribution is 2.50. The molecule has 4 aliphatic carbocycles. The van der Waals surface area contributed by atoms with Gasteiger partial charge in [-0.1, -0.05) is 118 Å². The van der Waals surface area contributed by atoms with Crippen LogP contribution in [0.2, 0.25) is 0 Å². The van der Waals surface area contributed by atoms with E-state index in [2.05, 4.69) is 124 Å². The average Bonchev–Trinajstić information content (AvgIpc) is 3.14. The van der Waals surface area contributed by atoms with Crippen molar-refractivity contribution < 1.29 is 0 Å². The van der Waals surface area contributed by atoms with E-state index in [0.29, 0.717) is 0 Å². The zero-order valence-electron chi connectivity index (χ0n) is 29.5. The Bertz CT molecular complexity index is 2530. The Balaban J connectivity index is 1.21. The SMILES string of the molecule is CC(C)(C)c1ccc2c(-c3cc4c5c(c3)CCc3cccc(c3-5)CC4)c3ccccc3c(-c3cc4c5c(c3)CCc3cccc(c3-5)CC4)c2c1. The van der Waals surface area contributed by atoms with Crippen molar-refractivity contribution in [2.75, 3.05) is 0 Å². The molecule has 0 N–H and O–H groups in total. The average molecular weight is 643 g/mol. The third kappa shape index (κ3) is 4.06. The standard InChI is InChI=1S/C50H42/c1-50(2,3)39-22-23-42-43(28-39)49(38-26-35-20-16-31-10-7-11-32-17-21-36(27-38)47(35)45(31)32)41-13-5-4-12-40(41)48(42)37-24-33-18-14-29-8-6-9-30-15-19-34(25-37)46(33)44(29)30/h4-13,22-28H,14-21H2,1-3H3. The first-order valence-corrected chi connectivity index (χ1v) is 18.9. The molecule has 50 heavy (non-hydrogen) atoms. The number of benzene rings is 7. The van der Waals surface area contributed by atoms with Gasteiger partial charge in [-0.25, -0.2) is 0 Å². The highest BCUT2D eigenvalue weighted by Gasteiger charge is 2.30. The van der Waals surface area contributed by atoms with Crippen LogP contribution in [0.25, 0.3) is 66.1 Å². The number of hydrogen-bond acceptors (Lipinski definition) is 0. The highest BCUT2D eigenvalue weighted by molar-refractivity contribution is 6.22. The lowest BCUT2D eigenvalue weighted by Gasteiger charge is -2.31. The maximum Gasteiger partial charge on any atom is -0.00261 e. The van der Waals surface area contributed by atoms with E-state index in [0.717, 1.165) is 51.4 Å². The molecule has 0 heterocycles. The number of fused-ring (bicyclic) bond motifs is 2. The van der Waals surface area contributed by atoms with Gasteiger partial charge in [0.1, 0.15) is 0 Å². The van der Waals surface area contributed by atoms with E-state index >= 15 is 0 Å². The van der Waals surface area contributed by atoms with Gasteiger partial charge in [0.05, 0.1) is 0 Å². The van der Waals surface area contributed by atoms with E-state index in [9.17, 15) is 0 Å². The Morgan fingerprint density at radius 2 is 0.680 bits per heavy atom. The first kappa shape index (κ1) is 28.9. The molecule has 0 atom stereocenters. The van der Waals surface area contributed by atoms with Crippen LogP contribution in [0, 0.1) is 0 Å². The summed E-state index contributed by atoms with van der Waals surface area (Å²) >= 11 is 0.